The molecule has 0 radical (unpaired) electrons. The number of nitrogens with one attached hydrogen (secondary N) is 2. The SMILES string of the molecule is CCC.COc1ccc(OC2CCN(Sc3cccc(C(=O)NCCN(C)C)c3C(=O)NO)CC2)cc1.CS. The van der Waals surface area contributed by atoms with E-state index < -0.39 is 5.91 Å². The Labute approximate surface area is 243 Å². The first-order chi connectivity index (χ1) is 18.8. The van der Waals surface area contributed by atoms with E-state index in [2.05, 4.69) is 36.1 Å². The van der Waals surface area contributed by atoms with Crippen LogP contribution in [0.4, 0.5) is 0 Å². The Balaban J connectivity index is 0.00000142. The summed E-state index contributed by atoms with van der Waals surface area (Å²) >= 11 is 4.94. The summed E-state index contributed by atoms with van der Waals surface area (Å²) in [6, 6.07) is 12.7. The van der Waals surface area contributed by atoms with Crippen LogP contribution in [0, 0.1) is 0 Å². The van der Waals surface area contributed by atoms with Crippen molar-refractivity contribution < 1.29 is 24.3 Å². The van der Waals surface area contributed by atoms with E-state index in [-0.39, 0.29) is 23.1 Å². The maximum Gasteiger partial charge on any atom is 0.276 e. The van der Waals surface area contributed by atoms with Crippen molar-refractivity contribution in [2.45, 2.75) is 44.1 Å². The number of hydrogen-bond acceptors (Lipinski definition) is 9. The van der Waals surface area contributed by atoms with Crippen molar-refractivity contribution >= 4 is 36.4 Å². The number of hydrogen-bond donors (Lipinski definition) is 4. The number of amides is 2. The van der Waals surface area contributed by atoms with Gasteiger partial charge in [-0.05, 0) is 81.5 Å². The Kier molecular flexibility index (Phi) is 17.4. The van der Waals surface area contributed by atoms with Gasteiger partial charge in [-0.3, -0.25) is 14.8 Å². The molecule has 9 nitrogen and oxygen atoms in total. The lowest BCUT2D eigenvalue weighted by Gasteiger charge is -2.31. The number of carbonyl (C=O) groups excluding carboxylic acids is 2. The number of thiol groups is 1. The number of hydroxylamine groups is 1. The number of carbonyl (C=O) groups is 2. The minimum Gasteiger partial charge on any atom is -0.497 e. The molecule has 0 spiro atoms. The van der Waals surface area contributed by atoms with Crippen LogP contribution in [0.25, 0.3) is 0 Å². The molecule has 218 valence electrons. The van der Waals surface area contributed by atoms with Crippen molar-refractivity contribution in [3.63, 3.8) is 0 Å². The smallest absolute Gasteiger partial charge is 0.276 e. The Morgan fingerprint density at radius 1 is 1.05 bits per heavy atom. The quantitative estimate of drug-likeness (QED) is 0.140. The highest BCUT2D eigenvalue weighted by Gasteiger charge is 2.26. The van der Waals surface area contributed by atoms with Crippen LogP contribution >= 0.6 is 24.6 Å². The largest absolute Gasteiger partial charge is 0.497 e. The molecule has 1 saturated heterocycles. The van der Waals surface area contributed by atoms with Crippen molar-refractivity contribution in [2.24, 2.45) is 0 Å². The van der Waals surface area contributed by atoms with E-state index in [0.29, 0.717) is 18.0 Å². The van der Waals surface area contributed by atoms with Crippen molar-refractivity contribution in [3.05, 3.63) is 53.6 Å². The lowest BCUT2D eigenvalue weighted by Crippen LogP contribution is -2.35. The summed E-state index contributed by atoms with van der Waals surface area (Å²) in [5, 5.41) is 12.1. The van der Waals surface area contributed by atoms with E-state index in [1.807, 2.05) is 43.3 Å². The maximum absolute atomic E-state index is 12.7. The number of rotatable bonds is 10. The molecule has 1 heterocycles. The highest BCUT2D eigenvalue weighted by molar-refractivity contribution is 7.97. The second-order valence-corrected chi connectivity index (χ2v) is 10.0. The van der Waals surface area contributed by atoms with E-state index in [0.717, 1.165) is 37.4 Å². The first-order valence-corrected chi connectivity index (χ1v) is 14.7. The van der Waals surface area contributed by atoms with Crippen LogP contribution in [0.1, 0.15) is 53.8 Å². The van der Waals surface area contributed by atoms with E-state index in [1.54, 1.807) is 37.0 Å². The van der Waals surface area contributed by atoms with Crippen LogP contribution in [-0.4, -0.2) is 86.0 Å². The Hall–Kier alpha value is -2.44. The van der Waals surface area contributed by atoms with Crippen LogP contribution < -0.4 is 20.3 Å². The summed E-state index contributed by atoms with van der Waals surface area (Å²) in [5.41, 5.74) is 2.07. The molecule has 11 heteroatoms. The molecule has 0 atom stereocenters. The predicted molar refractivity (Wildman–Crippen MR) is 162 cm³/mol. The summed E-state index contributed by atoms with van der Waals surface area (Å²) < 4.78 is 13.4. The van der Waals surface area contributed by atoms with Crippen LogP contribution in [0.15, 0.2) is 47.4 Å². The summed E-state index contributed by atoms with van der Waals surface area (Å²) in [6.07, 6.45) is 4.69. The van der Waals surface area contributed by atoms with Gasteiger partial charge in [0.1, 0.15) is 17.6 Å². The molecule has 3 rings (SSSR count). The van der Waals surface area contributed by atoms with Crippen LogP contribution in [0.3, 0.4) is 0 Å². The van der Waals surface area contributed by atoms with Crippen molar-refractivity contribution in [2.75, 3.05) is 53.6 Å². The molecular formula is C28H44N4O5S2. The number of likely N-dealkylation sites (N-methyl/N-ethyl adjacent to an activating group) is 1. The standard InChI is InChI=1S/C24H32N4O5S.C3H8.CH4S/c1-27(2)16-13-25-23(29)20-5-4-6-21(22(20)24(30)26-31)34-28-14-11-19(12-15-28)33-18-9-7-17(32-3)8-10-18;1-3-2;1-2/h4-10,19,31H,11-16H2,1-3H3,(H,25,29)(H,26,30);3H2,1-2H3;2H,1H3. The lowest BCUT2D eigenvalue weighted by molar-refractivity contribution is 0.0698. The zero-order chi connectivity index (χ0) is 29.2. The highest BCUT2D eigenvalue weighted by Crippen LogP contribution is 2.32. The number of benzene rings is 2. The molecule has 0 saturated carbocycles. The first kappa shape index (κ1) is 34.6. The summed E-state index contributed by atoms with van der Waals surface area (Å²) in [5.74, 6) is 0.532. The zero-order valence-electron chi connectivity index (χ0n) is 23.9. The van der Waals surface area contributed by atoms with Gasteiger partial charge in [0.25, 0.3) is 11.8 Å². The molecule has 2 amide bonds. The minimum atomic E-state index is -0.710. The van der Waals surface area contributed by atoms with E-state index in [4.69, 9.17) is 9.47 Å². The monoisotopic (exact) mass is 580 g/mol. The summed E-state index contributed by atoms with van der Waals surface area (Å²) in [7, 11) is 5.46. The maximum atomic E-state index is 12.7. The molecule has 1 fully saturated rings. The molecule has 2 aromatic rings. The zero-order valence-corrected chi connectivity index (χ0v) is 25.6. The van der Waals surface area contributed by atoms with E-state index in [1.165, 1.54) is 18.4 Å². The van der Waals surface area contributed by atoms with Crippen LogP contribution in [0.2, 0.25) is 0 Å². The van der Waals surface area contributed by atoms with Crippen LogP contribution in [0.5, 0.6) is 11.5 Å². The van der Waals surface area contributed by atoms with Gasteiger partial charge in [-0.2, -0.15) is 12.6 Å². The number of piperidine rings is 1. The van der Waals surface area contributed by atoms with Gasteiger partial charge in [0.2, 0.25) is 0 Å². The third-order valence-corrected chi connectivity index (χ3v) is 6.59. The fraction of sp³-hybridized carbons (Fsp3) is 0.500. The summed E-state index contributed by atoms with van der Waals surface area (Å²) in [4.78, 5) is 27.8. The molecule has 2 aromatic carbocycles. The van der Waals surface area contributed by atoms with Gasteiger partial charge in [0.15, 0.2) is 0 Å². The van der Waals surface area contributed by atoms with Gasteiger partial charge in [0, 0.05) is 31.1 Å². The van der Waals surface area contributed by atoms with E-state index >= 15 is 0 Å². The molecule has 1 aliphatic rings. The normalized spacial score (nSPS) is 13.4. The molecule has 3 N–H and O–H groups in total. The molecule has 39 heavy (non-hydrogen) atoms. The molecule has 0 bridgehead atoms. The fourth-order valence-electron chi connectivity index (χ4n) is 3.60. The topological polar surface area (TPSA) is 103 Å². The molecule has 0 aliphatic carbocycles. The highest BCUT2D eigenvalue weighted by atomic mass is 32.2. The fourth-order valence-corrected chi connectivity index (χ4v) is 4.71. The number of ether oxygens (including phenoxy) is 2. The second kappa shape index (κ2) is 19.6. The Morgan fingerprint density at radius 2 is 1.64 bits per heavy atom. The van der Waals surface area contributed by atoms with Gasteiger partial charge in [-0.15, -0.1) is 0 Å². The van der Waals surface area contributed by atoms with Crippen molar-refractivity contribution in [1.29, 1.82) is 0 Å². The predicted octanol–water partition coefficient (Wildman–Crippen LogP) is 4.62. The number of methoxy groups -OCH3 is 1. The van der Waals surface area contributed by atoms with Crippen LogP contribution in [-0.2, 0) is 0 Å². The Bertz CT molecular complexity index is 984. The average molecular weight is 581 g/mol. The lowest BCUT2D eigenvalue weighted by atomic mass is 10.1. The Morgan fingerprint density at radius 3 is 2.18 bits per heavy atom. The molecule has 0 unspecified atom stereocenters. The van der Waals surface area contributed by atoms with Gasteiger partial charge in [-0.1, -0.05) is 26.3 Å². The number of nitrogens with zero attached hydrogens (tertiary/aromatic N) is 2. The van der Waals surface area contributed by atoms with Gasteiger partial charge >= 0.3 is 0 Å². The third kappa shape index (κ3) is 12.1. The summed E-state index contributed by atoms with van der Waals surface area (Å²) in [6.45, 7) is 6.89. The average Bonchev–Trinajstić information content (AvgIpc) is 2.95. The molecule has 0 aromatic heterocycles. The molecular weight excluding hydrogens is 536 g/mol. The van der Waals surface area contributed by atoms with Gasteiger partial charge in [-0.25, -0.2) is 9.79 Å². The first-order valence-electron chi connectivity index (χ1n) is 13.0. The van der Waals surface area contributed by atoms with Crippen molar-refractivity contribution in [3.8, 4) is 11.5 Å². The minimum absolute atomic E-state index is 0.0965. The van der Waals surface area contributed by atoms with Gasteiger partial charge in [0.05, 0.1) is 18.2 Å². The molecule has 1 aliphatic heterocycles. The third-order valence-electron chi connectivity index (χ3n) is 5.43. The van der Waals surface area contributed by atoms with Gasteiger partial charge < -0.3 is 19.7 Å². The van der Waals surface area contributed by atoms with Crippen molar-refractivity contribution in [1.82, 2.24) is 20.0 Å². The second-order valence-electron chi connectivity index (χ2n) is 8.90. The van der Waals surface area contributed by atoms with E-state index in [9.17, 15) is 14.8 Å².